The predicted octanol–water partition coefficient (Wildman–Crippen LogP) is 3.56. The molecule has 23 heavy (non-hydrogen) atoms. The number of aryl methyl sites for hydroxylation is 1. The molecule has 0 saturated carbocycles. The van der Waals surface area contributed by atoms with Crippen molar-refractivity contribution in [3.8, 4) is 11.3 Å². The number of hydrogen-bond donors (Lipinski definition) is 1. The van der Waals surface area contributed by atoms with E-state index in [-0.39, 0.29) is 5.56 Å². The number of nitrogens with one attached hydrogen (secondary N) is 1. The van der Waals surface area contributed by atoms with E-state index in [9.17, 15) is 4.79 Å². The Morgan fingerprint density at radius 2 is 1.61 bits per heavy atom. The van der Waals surface area contributed by atoms with Crippen LogP contribution in [-0.4, -0.2) is 20.9 Å². The van der Waals surface area contributed by atoms with Crippen molar-refractivity contribution in [3.05, 3.63) is 76.6 Å². The summed E-state index contributed by atoms with van der Waals surface area (Å²) in [6.45, 7) is 0. The number of thioether (sulfide) groups is 1. The second-order valence-electron chi connectivity index (χ2n) is 5.11. The first-order valence-electron chi connectivity index (χ1n) is 7.52. The number of nitrogens with zero attached hydrogens (tertiary/aromatic N) is 2. The third kappa shape index (κ3) is 4.29. The Labute approximate surface area is 139 Å². The molecule has 5 heteroatoms. The Balaban J connectivity index is 1.57. The molecule has 0 aliphatic rings. The Morgan fingerprint density at radius 3 is 2.30 bits per heavy atom. The highest BCUT2D eigenvalue weighted by molar-refractivity contribution is 7.99. The third-order valence-corrected chi connectivity index (χ3v) is 4.36. The first kappa shape index (κ1) is 15.5. The van der Waals surface area contributed by atoms with E-state index in [0.29, 0.717) is 10.9 Å². The maximum atomic E-state index is 12.1. The minimum Gasteiger partial charge on any atom is -0.298 e. The third-order valence-electron chi connectivity index (χ3n) is 3.41. The molecular formula is C18H17N3OS. The monoisotopic (exact) mass is 323 g/mol. The standard InChI is InChI=1S/C18H17N3OS/c22-17-16(15-11-5-2-6-12-15)20-21-18(19-17)23-13-7-10-14-8-3-1-4-9-14/h1-6,8-9,11-12H,7,10,13H2,(H,19,21,22). The lowest BCUT2D eigenvalue weighted by Gasteiger charge is -2.03. The molecule has 0 radical (unpaired) electrons. The van der Waals surface area contributed by atoms with Crippen molar-refractivity contribution in [2.75, 3.05) is 5.75 Å². The summed E-state index contributed by atoms with van der Waals surface area (Å²) in [6.07, 6.45) is 2.05. The van der Waals surface area contributed by atoms with Crippen molar-refractivity contribution >= 4 is 11.8 Å². The maximum absolute atomic E-state index is 12.1. The summed E-state index contributed by atoms with van der Waals surface area (Å²) in [7, 11) is 0. The van der Waals surface area contributed by atoms with Crippen molar-refractivity contribution in [3.63, 3.8) is 0 Å². The average Bonchev–Trinajstić information content (AvgIpc) is 2.60. The highest BCUT2D eigenvalue weighted by Gasteiger charge is 2.07. The quantitative estimate of drug-likeness (QED) is 0.557. The highest BCUT2D eigenvalue weighted by Crippen LogP contribution is 2.15. The first-order valence-corrected chi connectivity index (χ1v) is 8.50. The lowest BCUT2D eigenvalue weighted by Crippen LogP contribution is -2.14. The lowest BCUT2D eigenvalue weighted by molar-refractivity contribution is 0.820. The van der Waals surface area contributed by atoms with Gasteiger partial charge in [0.25, 0.3) is 5.56 Å². The van der Waals surface area contributed by atoms with Crippen molar-refractivity contribution < 1.29 is 0 Å². The number of aromatic amines is 1. The topological polar surface area (TPSA) is 58.6 Å². The van der Waals surface area contributed by atoms with Crippen LogP contribution in [0, 0.1) is 0 Å². The smallest absolute Gasteiger partial charge is 0.278 e. The van der Waals surface area contributed by atoms with Gasteiger partial charge in [0.2, 0.25) is 0 Å². The van der Waals surface area contributed by atoms with Crippen molar-refractivity contribution in [1.82, 2.24) is 15.2 Å². The van der Waals surface area contributed by atoms with Crippen LogP contribution in [0.2, 0.25) is 0 Å². The zero-order chi connectivity index (χ0) is 15.9. The molecule has 0 aliphatic heterocycles. The minimum absolute atomic E-state index is 0.197. The Morgan fingerprint density at radius 1 is 0.913 bits per heavy atom. The molecule has 0 amide bonds. The van der Waals surface area contributed by atoms with Crippen LogP contribution in [0.4, 0.5) is 0 Å². The van der Waals surface area contributed by atoms with Gasteiger partial charge in [-0.2, -0.15) is 0 Å². The van der Waals surface area contributed by atoms with Gasteiger partial charge in [-0.25, -0.2) is 0 Å². The molecule has 1 aromatic heterocycles. The van der Waals surface area contributed by atoms with Crippen LogP contribution in [0.1, 0.15) is 12.0 Å². The van der Waals surface area contributed by atoms with E-state index in [1.54, 1.807) is 0 Å². The van der Waals surface area contributed by atoms with Crippen LogP contribution in [-0.2, 0) is 6.42 Å². The molecule has 4 nitrogen and oxygen atoms in total. The zero-order valence-corrected chi connectivity index (χ0v) is 13.4. The maximum Gasteiger partial charge on any atom is 0.278 e. The summed E-state index contributed by atoms with van der Waals surface area (Å²) in [4.78, 5) is 14.9. The van der Waals surface area contributed by atoms with Gasteiger partial charge in [-0.05, 0) is 18.4 Å². The summed E-state index contributed by atoms with van der Waals surface area (Å²) in [5.74, 6) is 0.893. The van der Waals surface area contributed by atoms with Crippen LogP contribution in [0.3, 0.4) is 0 Å². The van der Waals surface area contributed by atoms with E-state index >= 15 is 0 Å². The summed E-state index contributed by atoms with van der Waals surface area (Å²) in [5, 5.41) is 8.76. The van der Waals surface area contributed by atoms with E-state index in [2.05, 4.69) is 27.3 Å². The molecule has 0 fully saturated rings. The van der Waals surface area contributed by atoms with Gasteiger partial charge >= 0.3 is 0 Å². The largest absolute Gasteiger partial charge is 0.298 e. The molecule has 2 aromatic carbocycles. The van der Waals surface area contributed by atoms with E-state index in [1.807, 2.05) is 48.5 Å². The highest BCUT2D eigenvalue weighted by atomic mass is 32.2. The first-order chi connectivity index (χ1) is 11.3. The van der Waals surface area contributed by atoms with Crippen LogP contribution in [0.25, 0.3) is 11.3 Å². The summed E-state index contributed by atoms with van der Waals surface area (Å²) in [5.41, 5.74) is 2.27. The van der Waals surface area contributed by atoms with Gasteiger partial charge in [0.1, 0.15) is 0 Å². The second-order valence-corrected chi connectivity index (χ2v) is 6.20. The van der Waals surface area contributed by atoms with Crippen LogP contribution in [0.15, 0.2) is 70.6 Å². The van der Waals surface area contributed by atoms with E-state index in [1.165, 1.54) is 17.3 Å². The molecule has 0 bridgehead atoms. The molecule has 0 saturated heterocycles. The van der Waals surface area contributed by atoms with Gasteiger partial charge < -0.3 is 0 Å². The van der Waals surface area contributed by atoms with E-state index in [4.69, 9.17) is 0 Å². The van der Waals surface area contributed by atoms with Gasteiger partial charge in [0.15, 0.2) is 10.9 Å². The lowest BCUT2D eigenvalue weighted by atomic mass is 10.1. The number of benzene rings is 2. The molecule has 3 rings (SSSR count). The van der Waals surface area contributed by atoms with E-state index in [0.717, 1.165) is 24.2 Å². The molecule has 3 aromatic rings. The summed E-state index contributed by atoms with van der Waals surface area (Å²) < 4.78 is 0. The van der Waals surface area contributed by atoms with Crippen LogP contribution >= 0.6 is 11.8 Å². The van der Waals surface area contributed by atoms with Gasteiger partial charge in [-0.3, -0.25) is 9.78 Å². The Bertz CT molecular complexity index is 803. The minimum atomic E-state index is -0.197. The Kier molecular flexibility index (Phi) is 5.21. The van der Waals surface area contributed by atoms with Crippen molar-refractivity contribution in [2.24, 2.45) is 0 Å². The SMILES string of the molecule is O=c1[nH]c(SCCCc2ccccc2)nnc1-c1ccccc1. The molecule has 0 spiro atoms. The fourth-order valence-corrected chi connectivity index (χ4v) is 3.01. The van der Waals surface area contributed by atoms with Crippen molar-refractivity contribution in [1.29, 1.82) is 0 Å². The number of H-pyrrole nitrogens is 1. The predicted molar refractivity (Wildman–Crippen MR) is 93.6 cm³/mol. The molecule has 1 N–H and O–H groups in total. The molecule has 0 unspecified atom stereocenters. The van der Waals surface area contributed by atoms with Crippen LogP contribution < -0.4 is 5.56 Å². The molecule has 0 aliphatic carbocycles. The van der Waals surface area contributed by atoms with Crippen LogP contribution in [0.5, 0.6) is 0 Å². The second kappa shape index (κ2) is 7.74. The van der Waals surface area contributed by atoms with Gasteiger partial charge in [0, 0.05) is 11.3 Å². The van der Waals surface area contributed by atoms with Gasteiger partial charge in [-0.15, -0.1) is 10.2 Å². The summed E-state index contributed by atoms with van der Waals surface area (Å²) >= 11 is 1.53. The zero-order valence-electron chi connectivity index (χ0n) is 12.6. The number of aromatic nitrogens is 3. The molecular weight excluding hydrogens is 306 g/mol. The molecule has 116 valence electrons. The fraction of sp³-hybridized carbons (Fsp3) is 0.167. The molecule has 1 heterocycles. The normalized spacial score (nSPS) is 10.6. The fourth-order valence-electron chi connectivity index (χ4n) is 2.26. The average molecular weight is 323 g/mol. The van der Waals surface area contributed by atoms with Crippen molar-refractivity contribution in [2.45, 2.75) is 18.0 Å². The van der Waals surface area contributed by atoms with E-state index < -0.39 is 0 Å². The van der Waals surface area contributed by atoms with Gasteiger partial charge in [0.05, 0.1) is 0 Å². The summed E-state index contributed by atoms with van der Waals surface area (Å²) in [6, 6.07) is 19.7. The molecule has 0 atom stereocenters. The number of rotatable bonds is 6. The number of hydrogen-bond acceptors (Lipinski definition) is 4. The van der Waals surface area contributed by atoms with Gasteiger partial charge in [-0.1, -0.05) is 72.4 Å². The Hall–Kier alpha value is -2.40.